The number of carbonyl (C=O) groups is 2. The van der Waals surface area contributed by atoms with Crippen molar-refractivity contribution in [3.05, 3.63) is 41.4 Å². The molecule has 138 valence electrons. The molecule has 1 saturated heterocycles. The lowest BCUT2D eigenvalue weighted by molar-refractivity contribution is -0.120. The van der Waals surface area contributed by atoms with Crippen molar-refractivity contribution in [1.82, 2.24) is 9.29 Å². The molecule has 0 radical (unpaired) electrons. The van der Waals surface area contributed by atoms with Crippen molar-refractivity contribution in [2.75, 3.05) is 18.4 Å². The molecule has 3 rings (SSSR count). The van der Waals surface area contributed by atoms with Gasteiger partial charge in [-0.25, -0.2) is 13.4 Å². The number of ketones is 1. The molecule has 1 aliphatic heterocycles. The molecule has 26 heavy (non-hydrogen) atoms. The second kappa shape index (κ2) is 7.65. The van der Waals surface area contributed by atoms with E-state index in [4.69, 9.17) is 0 Å². The summed E-state index contributed by atoms with van der Waals surface area (Å²) < 4.78 is 26.9. The molecule has 2 heterocycles. The lowest BCUT2D eigenvalue weighted by atomic mass is 9.97. The van der Waals surface area contributed by atoms with Crippen molar-refractivity contribution < 1.29 is 18.0 Å². The Bertz CT molecular complexity index is 885. The molecule has 1 aromatic carbocycles. The molecule has 0 aliphatic carbocycles. The van der Waals surface area contributed by atoms with Gasteiger partial charge in [0, 0.05) is 36.1 Å². The van der Waals surface area contributed by atoms with E-state index in [1.54, 1.807) is 11.6 Å². The molecule has 1 aliphatic rings. The minimum absolute atomic E-state index is 0.110. The van der Waals surface area contributed by atoms with Gasteiger partial charge < -0.3 is 5.32 Å². The van der Waals surface area contributed by atoms with Crippen LogP contribution in [0.1, 0.15) is 30.1 Å². The Kier molecular flexibility index (Phi) is 5.49. The summed E-state index contributed by atoms with van der Waals surface area (Å²) in [6.07, 6.45) is 2.54. The van der Waals surface area contributed by atoms with Crippen LogP contribution in [0.2, 0.25) is 0 Å². The first-order valence-electron chi connectivity index (χ1n) is 8.19. The topological polar surface area (TPSA) is 96.4 Å². The first kappa shape index (κ1) is 18.7. The predicted molar refractivity (Wildman–Crippen MR) is 98.7 cm³/mol. The Morgan fingerprint density at radius 1 is 1.19 bits per heavy atom. The molecular formula is C17H19N3O4S2. The summed E-state index contributed by atoms with van der Waals surface area (Å²) in [4.78, 5) is 27.7. The molecule has 0 spiro atoms. The lowest BCUT2D eigenvalue weighted by Crippen LogP contribution is -2.41. The minimum Gasteiger partial charge on any atom is -0.302 e. The van der Waals surface area contributed by atoms with E-state index >= 15 is 0 Å². The molecule has 7 nitrogen and oxygen atoms in total. The Morgan fingerprint density at radius 3 is 2.38 bits per heavy atom. The van der Waals surface area contributed by atoms with Crippen molar-refractivity contribution in [3.63, 3.8) is 0 Å². The van der Waals surface area contributed by atoms with Gasteiger partial charge in [-0.3, -0.25) is 9.59 Å². The average Bonchev–Trinajstić information content (AvgIpc) is 3.15. The average molecular weight is 393 g/mol. The summed E-state index contributed by atoms with van der Waals surface area (Å²) in [6, 6.07) is 5.94. The normalized spacial score (nSPS) is 16.3. The molecule has 1 N–H and O–H groups in total. The smallest absolute Gasteiger partial charge is 0.243 e. The Balaban J connectivity index is 1.63. The summed E-state index contributed by atoms with van der Waals surface area (Å²) in [7, 11) is -3.62. The largest absolute Gasteiger partial charge is 0.302 e. The summed E-state index contributed by atoms with van der Waals surface area (Å²) >= 11 is 1.35. The minimum atomic E-state index is -3.62. The Morgan fingerprint density at radius 2 is 1.85 bits per heavy atom. The molecule has 9 heteroatoms. The van der Waals surface area contributed by atoms with Gasteiger partial charge in [-0.2, -0.15) is 4.31 Å². The Labute approximate surface area is 156 Å². The van der Waals surface area contributed by atoms with Crippen LogP contribution in [0.25, 0.3) is 0 Å². The molecule has 0 saturated carbocycles. The number of Topliss-reactive ketones (excluding diaryl/α,β-unsaturated/α-hetero) is 1. The van der Waals surface area contributed by atoms with Crippen LogP contribution in [0.4, 0.5) is 5.13 Å². The van der Waals surface area contributed by atoms with Crippen molar-refractivity contribution in [2.24, 2.45) is 5.92 Å². The van der Waals surface area contributed by atoms with Crippen LogP contribution in [0.3, 0.4) is 0 Å². The first-order chi connectivity index (χ1) is 12.4. The van der Waals surface area contributed by atoms with Crippen LogP contribution in [0.5, 0.6) is 0 Å². The summed E-state index contributed by atoms with van der Waals surface area (Å²) in [5.74, 6) is -0.464. The van der Waals surface area contributed by atoms with Gasteiger partial charge in [0.05, 0.1) is 4.90 Å². The van der Waals surface area contributed by atoms with Crippen LogP contribution in [0, 0.1) is 5.92 Å². The van der Waals surface area contributed by atoms with Crippen molar-refractivity contribution in [2.45, 2.75) is 24.7 Å². The number of piperidine rings is 1. The van der Waals surface area contributed by atoms with E-state index in [1.807, 2.05) is 0 Å². The lowest BCUT2D eigenvalue weighted by Gasteiger charge is -2.30. The molecule has 1 aromatic heterocycles. The maximum absolute atomic E-state index is 12.7. The number of nitrogens with zero attached hydrogens (tertiary/aromatic N) is 2. The van der Waals surface area contributed by atoms with E-state index in [9.17, 15) is 18.0 Å². The standard InChI is InChI=1S/C17H19N3O4S2/c1-12(21)13-2-4-15(5-3-13)26(23,24)20-9-6-14(7-10-20)16(22)19-17-18-8-11-25-17/h2-5,8,11,14H,6-7,9-10H2,1H3,(H,18,19,22). The molecule has 1 amide bonds. The van der Waals surface area contributed by atoms with E-state index < -0.39 is 10.0 Å². The highest BCUT2D eigenvalue weighted by Crippen LogP contribution is 2.25. The van der Waals surface area contributed by atoms with E-state index in [-0.39, 0.29) is 35.6 Å². The van der Waals surface area contributed by atoms with Crippen molar-refractivity contribution >= 4 is 38.2 Å². The highest BCUT2D eigenvalue weighted by molar-refractivity contribution is 7.89. The van der Waals surface area contributed by atoms with Crippen LogP contribution in [-0.2, 0) is 14.8 Å². The molecule has 0 unspecified atom stereocenters. The molecule has 0 atom stereocenters. The fourth-order valence-electron chi connectivity index (χ4n) is 2.86. The van der Waals surface area contributed by atoms with Crippen molar-refractivity contribution in [3.8, 4) is 0 Å². The van der Waals surface area contributed by atoms with Crippen LogP contribution < -0.4 is 5.32 Å². The van der Waals surface area contributed by atoms with Gasteiger partial charge in [0.25, 0.3) is 0 Å². The molecule has 2 aromatic rings. The number of rotatable bonds is 5. The number of thiazole rings is 1. The van der Waals surface area contributed by atoms with Crippen LogP contribution >= 0.6 is 11.3 Å². The highest BCUT2D eigenvalue weighted by atomic mass is 32.2. The number of benzene rings is 1. The maximum atomic E-state index is 12.7. The number of sulfonamides is 1. The summed E-state index contributed by atoms with van der Waals surface area (Å²) in [5.41, 5.74) is 0.474. The quantitative estimate of drug-likeness (QED) is 0.787. The van der Waals surface area contributed by atoms with Gasteiger partial charge in [-0.05, 0) is 31.9 Å². The fraction of sp³-hybridized carbons (Fsp3) is 0.353. The second-order valence-electron chi connectivity index (χ2n) is 6.09. The van der Waals surface area contributed by atoms with Crippen LogP contribution in [0.15, 0.2) is 40.7 Å². The van der Waals surface area contributed by atoms with Gasteiger partial charge in [-0.1, -0.05) is 12.1 Å². The SMILES string of the molecule is CC(=O)c1ccc(S(=O)(=O)N2CCC(C(=O)Nc3nccs3)CC2)cc1. The van der Waals surface area contributed by atoms with Gasteiger partial charge in [-0.15, -0.1) is 11.3 Å². The number of hydrogen-bond donors (Lipinski definition) is 1. The zero-order valence-electron chi connectivity index (χ0n) is 14.2. The van der Waals surface area contributed by atoms with E-state index in [1.165, 1.54) is 46.8 Å². The number of aromatic nitrogens is 1. The van der Waals surface area contributed by atoms with Gasteiger partial charge in [0.15, 0.2) is 10.9 Å². The monoisotopic (exact) mass is 393 g/mol. The maximum Gasteiger partial charge on any atom is 0.243 e. The van der Waals surface area contributed by atoms with E-state index in [2.05, 4.69) is 10.3 Å². The first-order valence-corrected chi connectivity index (χ1v) is 10.5. The van der Waals surface area contributed by atoms with Gasteiger partial charge in [0.1, 0.15) is 0 Å². The van der Waals surface area contributed by atoms with Gasteiger partial charge in [0.2, 0.25) is 15.9 Å². The van der Waals surface area contributed by atoms with Crippen molar-refractivity contribution in [1.29, 1.82) is 0 Å². The summed E-state index contributed by atoms with van der Waals surface area (Å²) in [6.45, 7) is 2.00. The number of nitrogens with one attached hydrogen (secondary N) is 1. The summed E-state index contributed by atoms with van der Waals surface area (Å²) in [5, 5.41) is 5.09. The third kappa shape index (κ3) is 4.00. The third-order valence-electron chi connectivity index (χ3n) is 4.39. The van der Waals surface area contributed by atoms with Gasteiger partial charge >= 0.3 is 0 Å². The Hall–Kier alpha value is -2.10. The predicted octanol–water partition coefficient (Wildman–Crippen LogP) is 2.39. The van der Waals surface area contributed by atoms with E-state index in [0.717, 1.165) is 0 Å². The highest BCUT2D eigenvalue weighted by Gasteiger charge is 2.32. The number of amides is 1. The zero-order valence-corrected chi connectivity index (χ0v) is 15.8. The number of anilines is 1. The van der Waals surface area contributed by atoms with E-state index in [0.29, 0.717) is 23.5 Å². The molecule has 1 fully saturated rings. The zero-order chi connectivity index (χ0) is 18.7. The fourth-order valence-corrected chi connectivity index (χ4v) is 4.86. The molecular weight excluding hydrogens is 374 g/mol. The third-order valence-corrected chi connectivity index (χ3v) is 6.99. The van der Waals surface area contributed by atoms with Crippen LogP contribution in [-0.4, -0.2) is 42.5 Å². The number of carbonyl (C=O) groups excluding carboxylic acids is 2. The molecule has 0 bridgehead atoms. The second-order valence-corrected chi connectivity index (χ2v) is 8.92. The number of hydrogen-bond acceptors (Lipinski definition) is 6.